The van der Waals surface area contributed by atoms with Crippen LogP contribution >= 0.6 is 0 Å². The van der Waals surface area contributed by atoms with Crippen LogP contribution in [-0.4, -0.2) is 6.29 Å². The first-order valence-corrected chi connectivity index (χ1v) is 4.09. The summed E-state index contributed by atoms with van der Waals surface area (Å²) >= 11 is 0. The minimum Gasteiger partial charge on any atom is -0.301 e. The van der Waals surface area contributed by atoms with Crippen LogP contribution in [0, 0.1) is 6.92 Å². The molecule has 0 fully saturated rings. The number of rotatable bonds is 1. The second-order valence-electron chi connectivity index (χ2n) is 3.20. The van der Waals surface area contributed by atoms with Gasteiger partial charge in [-0.3, -0.25) is 5.32 Å². The smallest absolute Gasteiger partial charge is 0.141 e. The monoisotopic (exact) mass is 161 g/mol. The number of hydrogen-bond acceptors (Lipinski definition) is 2. The van der Waals surface area contributed by atoms with E-state index in [-0.39, 0.29) is 6.04 Å². The standard InChI is InChI=1S/C10H11NO/c1-7-2-3-8-5-11-10(6-12)9(8)4-7/h2-4,6,10-11H,5H2,1H3. The number of aryl methyl sites for hydroxylation is 1. The molecule has 0 saturated heterocycles. The molecule has 1 aliphatic rings. The molecule has 0 spiro atoms. The van der Waals surface area contributed by atoms with Gasteiger partial charge in [0, 0.05) is 6.54 Å². The highest BCUT2D eigenvalue weighted by molar-refractivity contribution is 5.64. The van der Waals surface area contributed by atoms with Gasteiger partial charge in [-0.25, -0.2) is 0 Å². The van der Waals surface area contributed by atoms with E-state index in [2.05, 4.69) is 23.5 Å². The van der Waals surface area contributed by atoms with Crippen molar-refractivity contribution < 1.29 is 4.79 Å². The fourth-order valence-corrected chi connectivity index (χ4v) is 1.62. The van der Waals surface area contributed by atoms with E-state index in [0.717, 1.165) is 18.4 Å². The van der Waals surface area contributed by atoms with Crippen LogP contribution in [0.4, 0.5) is 0 Å². The molecular formula is C10H11NO. The Kier molecular flexibility index (Phi) is 1.70. The first-order chi connectivity index (χ1) is 5.81. The van der Waals surface area contributed by atoms with Gasteiger partial charge < -0.3 is 4.79 Å². The Morgan fingerprint density at radius 3 is 3.17 bits per heavy atom. The Morgan fingerprint density at radius 1 is 1.58 bits per heavy atom. The van der Waals surface area contributed by atoms with Crippen molar-refractivity contribution in [3.63, 3.8) is 0 Å². The van der Waals surface area contributed by atoms with Gasteiger partial charge in [-0.1, -0.05) is 23.8 Å². The van der Waals surface area contributed by atoms with Crippen LogP contribution in [0.25, 0.3) is 0 Å². The molecule has 0 bridgehead atoms. The minimum absolute atomic E-state index is 0.0834. The predicted molar refractivity (Wildman–Crippen MR) is 46.8 cm³/mol. The summed E-state index contributed by atoms with van der Waals surface area (Å²) in [5.74, 6) is 0. The lowest BCUT2D eigenvalue weighted by Crippen LogP contribution is -2.12. The van der Waals surface area contributed by atoms with Crippen LogP contribution < -0.4 is 5.32 Å². The van der Waals surface area contributed by atoms with Gasteiger partial charge in [0.05, 0.1) is 6.04 Å². The number of aldehydes is 1. The van der Waals surface area contributed by atoms with Gasteiger partial charge in [0.25, 0.3) is 0 Å². The molecule has 1 aromatic carbocycles. The molecule has 0 amide bonds. The third kappa shape index (κ3) is 1.04. The van der Waals surface area contributed by atoms with Crippen molar-refractivity contribution in [1.29, 1.82) is 0 Å². The van der Waals surface area contributed by atoms with Crippen molar-refractivity contribution in [1.82, 2.24) is 5.32 Å². The molecule has 0 aromatic heterocycles. The van der Waals surface area contributed by atoms with Crippen LogP contribution in [0.3, 0.4) is 0 Å². The van der Waals surface area contributed by atoms with Crippen molar-refractivity contribution in [2.75, 3.05) is 0 Å². The van der Waals surface area contributed by atoms with Gasteiger partial charge in [0.1, 0.15) is 6.29 Å². The minimum atomic E-state index is -0.0834. The number of hydrogen-bond donors (Lipinski definition) is 1. The highest BCUT2D eigenvalue weighted by Gasteiger charge is 2.20. The zero-order valence-electron chi connectivity index (χ0n) is 7.00. The summed E-state index contributed by atoms with van der Waals surface area (Å²) in [5, 5.41) is 3.13. The molecule has 1 aliphatic heterocycles. The fraction of sp³-hybridized carbons (Fsp3) is 0.300. The topological polar surface area (TPSA) is 29.1 Å². The number of carbonyl (C=O) groups excluding carboxylic acids is 1. The summed E-state index contributed by atoms with van der Waals surface area (Å²) in [6.45, 7) is 2.86. The average Bonchev–Trinajstić information content (AvgIpc) is 2.46. The van der Waals surface area contributed by atoms with Crippen LogP contribution in [0.5, 0.6) is 0 Å². The molecule has 1 aromatic rings. The van der Waals surface area contributed by atoms with E-state index >= 15 is 0 Å². The second kappa shape index (κ2) is 2.72. The van der Waals surface area contributed by atoms with Crippen molar-refractivity contribution in [3.05, 3.63) is 34.9 Å². The predicted octanol–water partition coefficient (Wildman–Crippen LogP) is 1.34. The molecule has 1 unspecified atom stereocenters. The van der Waals surface area contributed by atoms with Crippen LogP contribution in [-0.2, 0) is 11.3 Å². The molecule has 0 aliphatic carbocycles. The van der Waals surface area contributed by atoms with Gasteiger partial charge in [-0.2, -0.15) is 0 Å². The highest BCUT2D eigenvalue weighted by Crippen LogP contribution is 2.24. The van der Waals surface area contributed by atoms with Crippen molar-refractivity contribution in [2.45, 2.75) is 19.5 Å². The summed E-state index contributed by atoms with van der Waals surface area (Å²) in [7, 11) is 0. The molecule has 1 atom stereocenters. The van der Waals surface area contributed by atoms with Crippen LogP contribution in [0.2, 0.25) is 0 Å². The van der Waals surface area contributed by atoms with Crippen molar-refractivity contribution >= 4 is 6.29 Å². The summed E-state index contributed by atoms with van der Waals surface area (Å²) in [4.78, 5) is 10.6. The average molecular weight is 161 g/mol. The number of carbonyl (C=O) groups is 1. The van der Waals surface area contributed by atoms with Crippen molar-refractivity contribution in [3.8, 4) is 0 Å². The Hall–Kier alpha value is -1.15. The van der Waals surface area contributed by atoms with E-state index in [9.17, 15) is 4.79 Å². The largest absolute Gasteiger partial charge is 0.301 e. The molecule has 1 N–H and O–H groups in total. The third-order valence-corrected chi connectivity index (χ3v) is 2.28. The molecular weight excluding hydrogens is 150 g/mol. The van der Waals surface area contributed by atoms with E-state index in [1.54, 1.807) is 0 Å². The summed E-state index contributed by atoms with van der Waals surface area (Å²) in [6.07, 6.45) is 0.964. The zero-order valence-corrected chi connectivity index (χ0v) is 7.00. The fourth-order valence-electron chi connectivity index (χ4n) is 1.62. The van der Waals surface area contributed by atoms with Crippen LogP contribution in [0.1, 0.15) is 22.7 Å². The lowest BCUT2D eigenvalue weighted by Gasteiger charge is -2.03. The van der Waals surface area contributed by atoms with Gasteiger partial charge in [0.15, 0.2) is 0 Å². The first kappa shape index (κ1) is 7.50. The SMILES string of the molecule is Cc1ccc2c(c1)C(C=O)NC2. The number of fused-ring (bicyclic) bond motifs is 1. The molecule has 0 radical (unpaired) electrons. The molecule has 62 valence electrons. The molecule has 2 rings (SSSR count). The Bertz CT molecular complexity index is 320. The van der Waals surface area contributed by atoms with Gasteiger partial charge in [-0.15, -0.1) is 0 Å². The van der Waals surface area contributed by atoms with Gasteiger partial charge in [0.2, 0.25) is 0 Å². The third-order valence-electron chi connectivity index (χ3n) is 2.28. The van der Waals surface area contributed by atoms with Gasteiger partial charge >= 0.3 is 0 Å². The van der Waals surface area contributed by atoms with Crippen molar-refractivity contribution in [2.24, 2.45) is 0 Å². The summed E-state index contributed by atoms with van der Waals surface area (Å²) < 4.78 is 0. The Morgan fingerprint density at radius 2 is 2.42 bits per heavy atom. The molecule has 2 heteroatoms. The zero-order chi connectivity index (χ0) is 8.55. The number of benzene rings is 1. The summed E-state index contributed by atoms with van der Waals surface area (Å²) in [6, 6.07) is 6.16. The maximum absolute atomic E-state index is 10.6. The lowest BCUT2D eigenvalue weighted by atomic mass is 10.0. The highest BCUT2D eigenvalue weighted by atomic mass is 16.1. The van der Waals surface area contributed by atoms with E-state index in [0.29, 0.717) is 0 Å². The quantitative estimate of drug-likeness (QED) is 0.630. The molecule has 12 heavy (non-hydrogen) atoms. The molecule has 0 saturated carbocycles. The Balaban J connectivity index is 2.49. The maximum Gasteiger partial charge on any atom is 0.141 e. The van der Waals surface area contributed by atoms with Gasteiger partial charge in [-0.05, 0) is 18.1 Å². The van der Waals surface area contributed by atoms with E-state index in [1.165, 1.54) is 11.1 Å². The van der Waals surface area contributed by atoms with Crippen LogP contribution in [0.15, 0.2) is 18.2 Å². The van der Waals surface area contributed by atoms with E-state index < -0.39 is 0 Å². The maximum atomic E-state index is 10.6. The summed E-state index contributed by atoms with van der Waals surface area (Å²) in [5.41, 5.74) is 3.60. The number of nitrogens with one attached hydrogen (secondary N) is 1. The normalized spacial score (nSPS) is 20.6. The van der Waals surface area contributed by atoms with E-state index in [4.69, 9.17) is 0 Å². The second-order valence-corrected chi connectivity index (χ2v) is 3.20. The van der Waals surface area contributed by atoms with E-state index in [1.807, 2.05) is 6.92 Å². The first-order valence-electron chi connectivity index (χ1n) is 4.09. The molecule has 2 nitrogen and oxygen atoms in total. The molecule has 1 heterocycles. The Labute approximate surface area is 71.6 Å². The lowest BCUT2D eigenvalue weighted by molar-refractivity contribution is -0.109.